The van der Waals surface area contributed by atoms with Crippen molar-refractivity contribution in [2.75, 3.05) is 0 Å². The molecule has 0 N–H and O–H groups in total. The highest BCUT2D eigenvalue weighted by Gasteiger charge is 2.32. The van der Waals surface area contributed by atoms with Crippen molar-refractivity contribution in [3.8, 4) is 0 Å². The summed E-state index contributed by atoms with van der Waals surface area (Å²) in [6.07, 6.45) is 3.84. The molecular weight excluding hydrogens is 180 g/mol. The van der Waals surface area contributed by atoms with Gasteiger partial charge in [0.1, 0.15) is 0 Å². The van der Waals surface area contributed by atoms with E-state index in [9.17, 15) is 0 Å². The van der Waals surface area contributed by atoms with Crippen LogP contribution in [0.15, 0.2) is 24.3 Å². The van der Waals surface area contributed by atoms with Gasteiger partial charge < -0.3 is 0 Å². The van der Waals surface area contributed by atoms with Crippen molar-refractivity contribution in [3.63, 3.8) is 0 Å². The lowest BCUT2D eigenvalue weighted by molar-refractivity contribution is 0.789. The van der Waals surface area contributed by atoms with Gasteiger partial charge in [0.2, 0.25) is 0 Å². The van der Waals surface area contributed by atoms with Crippen LogP contribution in [-0.4, -0.2) is 0 Å². The summed E-state index contributed by atoms with van der Waals surface area (Å²) < 4.78 is 0. The van der Waals surface area contributed by atoms with Crippen molar-refractivity contribution in [1.82, 2.24) is 0 Å². The Bertz CT molecular complexity index is 289. The second-order valence-corrected chi connectivity index (χ2v) is 4.04. The summed E-state index contributed by atoms with van der Waals surface area (Å²) in [5.74, 6) is 2.37. The summed E-state index contributed by atoms with van der Waals surface area (Å²) in [7, 11) is 0. The van der Waals surface area contributed by atoms with Crippen molar-refractivity contribution >= 4 is 11.6 Å². The molecule has 13 heavy (non-hydrogen) atoms. The minimum atomic E-state index is 0.824. The molecule has 1 aliphatic rings. The third-order valence-corrected chi connectivity index (χ3v) is 3.00. The van der Waals surface area contributed by atoms with Gasteiger partial charge >= 0.3 is 0 Å². The van der Waals surface area contributed by atoms with Crippen LogP contribution in [0.5, 0.6) is 0 Å². The molecule has 0 aromatic heterocycles. The molecule has 0 unspecified atom stereocenters. The zero-order valence-electron chi connectivity index (χ0n) is 7.89. The van der Waals surface area contributed by atoms with Crippen molar-refractivity contribution in [3.05, 3.63) is 40.8 Å². The van der Waals surface area contributed by atoms with Gasteiger partial charge in [0.25, 0.3) is 0 Å². The van der Waals surface area contributed by atoms with Gasteiger partial charge in [-0.3, -0.25) is 0 Å². The Morgan fingerprint density at radius 3 is 2.62 bits per heavy atom. The van der Waals surface area contributed by atoms with Crippen LogP contribution in [-0.2, 0) is 0 Å². The maximum absolute atomic E-state index is 6.15. The third-order valence-electron chi connectivity index (χ3n) is 2.67. The van der Waals surface area contributed by atoms with Crippen LogP contribution in [0.3, 0.4) is 0 Å². The third kappa shape index (κ3) is 1.88. The molecule has 1 heteroatoms. The molecule has 1 fully saturated rings. The number of halogens is 1. The Balaban J connectivity index is 2.26. The van der Waals surface area contributed by atoms with Gasteiger partial charge in [0, 0.05) is 10.9 Å². The number of benzene rings is 1. The van der Waals surface area contributed by atoms with Crippen LogP contribution in [0.25, 0.3) is 0 Å². The summed E-state index contributed by atoms with van der Waals surface area (Å²) in [6, 6.07) is 8.18. The minimum absolute atomic E-state index is 0.824. The van der Waals surface area contributed by atoms with Gasteiger partial charge in [-0.2, -0.15) is 0 Å². The fourth-order valence-electron chi connectivity index (χ4n) is 1.85. The standard InChI is InChI=1S/C12H14Cl/c1-2-10(9-7-8-9)11-5-3-4-6-12(11)13/h3-6,9H,2,7-8H2,1H3. The summed E-state index contributed by atoms with van der Waals surface area (Å²) in [6.45, 7) is 2.22. The SMILES string of the molecule is CC[C](c1ccccc1Cl)C1CC1. The van der Waals surface area contributed by atoms with Gasteiger partial charge in [-0.05, 0) is 36.8 Å². The molecule has 0 heterocycles. The second kappa shape index (κ2) is 3.71. The summed E-state index contributed by atoms with van der Waals surface area (Å²) >= 11 is 6.15. The molecule has 1 radical (unpaired) electrons. The first-order chi connectivity index (χ1) is 6.33. The molecular formula is C12H14Cl. The molecule has 0 atom stereocenters. The average molecular weight is 194 g/mol. The Hall–Kier alpha value is -0.490. The van der Waals surface area contributed by atoms with Crippen molar-refractivity contribution in [1.29, 1.82) is 0 Å². The molecule has 1 aliphatic carbocycles. The van der Waals surface area contributed by atoms with E-state index in [0.29, 0.717) is 0 Å². The van der Waals surface area contributed by atoms with E-state index in [0.717, 1.165) is 17.4 Å². The molecule has 1 saturated carbocycles. The number of hydrogen-bond acceptors (Lipinski definition) is 0. The molecule has 2 rings (SSSR count). The molecule has 0 spiro atoms. The van der Waals surface area contributed by atoms with Gasteiger partial charge in [-0.1, -0.05) is 36.7 Å². The average Bonchev–Trinajstić information content (AvgIpc) is 2.93. The fourth-order valence-corrected chi connectivity index (χ4v) is 2.11. The minimum Gasteiger partial charge on any atom is -0.0840 e. The lowest BCUT2D eigenvalue weighted by atomic mass is 9.92. The van der Waals surface area contributed by atoms with Crippen molar-refractivity contribution in [2.45, 2.75) is 26.2 Å². The lowest BCUT2D eigenvalue weighted by Gasteiger charge is -2.14. The first-order valence-corrected chi connectivity index (χ1v) is 5.31. The van der Waals surface area contributed by atoms with Gasteiger partial charge in [0.05, 0.1) is 0 Å². The summed E-state index contributed by atoms with van der Waals surface area (Å²) in [4.78, 5) is 0. The molecule has 0 aliphatic heterocycles. The molecule has 1 aromatic carbocycles. The van der Waals surface area contributed by atoms with E-state index < -0.39 is 0 Å². The summed E-state index contributed by atoms with van der Waals surface area (Å²) in [5, 5.41) is 0.909. The number of hydrogen-bond donors (Lipinski definition) is 0. The molecule has 0 amide bonds. The molecule has 0 saturated heterocycles. The number of rotatable bonds is 3. The predicted molar refractivity (Wildman–Crippen MR) is 56.8 cm³/mol. The predicted octanol–water partition coefficient (Wildman–Crippen LogP) is 4.08. The van der Waals surface area contributed by atoms with Crippen LogP contribution >= 0.6 is 11.6 Å². The van der Waals surface area contributed by atoms with Crippen molar-refractivity contribution in [2.24, 2.45) is 5.92 Å². The van der Waals surface area contributed by atoms with E-state index in [4.69, 9.17) is 11.6 Å². The van der Waals surface area contributed by atoms with Crippen LogP contribution in [0, 0.1) is 11.8 Å². The smallest absolute Gasteiger partial charge is 0.0444 e. The normalized spacial score (nSPS) is 16.5. The first kappa shape index (κ1) is 9.08. The van der Waals surface area contributed by atoms with E-state index in [-0.39, 0.29) is 0 Å². The highest BCUT2D eigenvalue weighted by Crippen LogP contribution is 2.45. The van der Waals surface area contributed by atoms with Gasteiger partial charge in [-0.15, -0.1) is 0 Å². The molecule has 0 bridgehead atoms. The van der Waals surface area contributed by atoms with Crippen LogP contribution in [0.2, 0.25) is 5.02 Å². The molecule has 0 nitrogen and oxygen atoms in total. The fraction of sp³-hybridized carbons (Fsp3) is 0.417. The Kier molecular flexibility index (Phi) is 2.59. The van der Waals surface area contributed by atoms with Gasteiger partial charge in [0.15, 0.2) is 0 Å². The molecule has 1 aromatic rings. The van der Waals surface area contributed by atoms with Crippen LogP contribution < -0.4 is 0 Å². The zero-order chi connectivity index (χ0) is 9.26. The maximum atomic E-state index is 6.15. The zero-order valence-corrected chi connectivity index (χ0v) is 8.64. The molecule has 69 valence electrons. The lowest BCUT2D eigenvalue weighted by Crippen LogP contribution is -2.01. The van der Waals surface area contributed by atoms with Crippen molar-refractivity contribution < 1.29 is 0 Å². The summed E-state index contributed by atoms with van der Waals surface area (Å²) in [5.41, 5.74) is 1.27. The van der Waals surface area contributed by atoms with Gasteiger partial charge in [-0.25, -0.2) is 0 Å². The second-order valence-electron chi connectivity index (χ2n) is 3.63. The van der Waals surface area contributed by atoms with E-state index in [1.165, 1.54) is 18.4 Å². The highest BCUT2D eigenvalue weighted by atomic mass is 35.5. The highest BCUT2D eigenvalue weighted by molar-refractivity contribution is 6.31. The van der Waals surface area contributed by atoms with E-state index in [2.05, 4.69) is 19.1 Å². The Labute approximate surface area is 84.9 Å². The largest absolute Gasteiger partial charge is 0.0840 e. The monoisotopic (exact) mass is 193 g/mol. The maximum Gasteiger partial charge on any atom is 0.0444 e. The quantitative estimate of drug-likeness (QED) is 0.679. The van der Waals surface area contributed by atoms with Crippen LogP contribution in [0.1, 0.15) is 31.7 Å². The Morgan fingerprint density at radius 2 is 2.08 bits per heavy atom. The Morgan fingerprint density at radius 1 is 1.38 bits per heavy atom. The first-order valence-electron chi connectivity index (χ1n) is 4.93. The van der Waals surface area contributed by atoms with E-state index in [1.807, 2.05) is 12.1 Å². The topological polar surface area (TPSA) is 0 Å². The van der Waals surface area contributed by atoms with E-state index in [1.54, 1.807) is 5.92 Å². The van der Waals surface area contributed by atoms with E-state index >= 15 is 0 Å². The van der Waals surface area contributed by atoms with Crippen LogP contribution in [0.4, 0.5) is 0 Å².